The molecule has 108 valence electrons. The molecule has 0 aromatic heterocycles. The molecule has 0 aliphatic heterocycles. The van der Waals surface area contributed by atoms with Crippen LogP contribution in [0.25, 0.3) is 0 Å². The van der Waals surface area contributed by atoms with Gasteiger partial charge in [-0.15, -0.1) is 0 Å². The molecule has 0 bridgehead atoms. The van der Waals surface area contributed by atoms with E-state index in [0.717, 1.165) is 31.7 Å². The molecular formula is C16H28N2O. The van der Waals surface area contributed by atoms with Gasteiger partial charge >= 0.3 is 0 Å². The first-order chi connectivity index (χ1) is 8.81. The third kappa shape index (κ3) is 6.08. The molecule has 19 heavy (non-hydrogen) atoms. The Kier molecular flexibility index (Phi) is 5.83. The zero-order valence-corrected chi connectivity index (χ0v) is 13.0. The maximum atomic E-state index is 6.00. The summed E-state index contributed by atoms with van der Waals surface area (Å²) in [7, 11) is 3.87. The smallest absolute Gasteiger partial charge is 0.123 e. The maximum Gasteiger partial charge on any atom is 0.123 e. The number of nitrogens with zero attached hydrogens (tertiary/aromatic N) is 1. The summed E-state index contributed by atoms with van der Waals surface area (Å²) in [5, 5.41) is 0. The number of benzene rings is 1. The van der Waals surface area contributed by atoms with E-state index in [-0.39, 0.29) is 5.54 Å². The van der Waals surface area contributed by atoms with Gasteiger partial charge in [-0.25, -0.2) is 0 Å². The Labute approximate surface area is 117 Å². The first-order valence-corrected chi connectivity index (χ1v) is 6.93. The Bertz CT molecular complexity index is 396. The molecule has 0 unspecified atom stereocenters. The van der Waals surface area contributed by atoms with E-state index in [2.05, 4.69) is 44.9 Å². The fraction of sp³-hybridized carbons (Fsp3) is 0.625. The van der Waals surface area contributed by atoms with Gasteiger partial charge in [0.25, 0.3) is 0 Å². The van der Waals surface area contributed by atoms with Crippen LogP contribution in [0, 0.1) is 6.92 Å². The SMILES string of the molecule is COc1ccc(C)cc1CN(C)CCCC(C)(C)N. The van der Waals surface area contributed by atoms with Gasteiger partial charge in [0.05, 0.1) is 7.11 Å². The summed E-state index contributed by atoms with van der Waals surface area (Å²) in [5.41, 5.74) is 8.45. The number of hydrogen-bond donors (Lipinski definition) is 1. The Morgan fingerprint density at radius 1 is 1.32 bits per heavy atom. The molecule has 0 heterocycles. The summed E-state index contributed by atoms with van der Waals surface area (Å²) >= 11 is 0. The fourth-order valence-electron chi connectivity index (χ4n) is 2.21. The summed E-state index contributed by atoms with van der Waals surface area (Å²) in [5.74, 6) is 0.969. The van der Waals surface area contributed by atoms with E-state index in [9.17, 15) is 0 Å². The van der Waals surface area contributed by atoms with Crippen LogP contribution in [0.5, 0.6) is 5.75 Å². The molecule has 1 aromatic carbocycles. The number of nitrogens with two attached hydrogens (primary N) is 1. The average Bonchev–Trinajstić information content (AvgIpc) is 2.27. The second-order valence-electron chi connectivity index (χ2n) is 6.15. The van der Waals surface area contributed by atoms with Crippen molar-refractivity contribution in [3.8, 4) is 5.75 Å². The van der Waals surface area contributed by atoms with Gasteiger partial charge in [0, 0.05) is 17.6 Å². The highest BCUT2D eigenvalue weighted by Gasteiger charge is 2.11. The molecule has 2 N–H and O–H groups in total. The largest absolute Gasteiger partial charge is 0.496 e. The summed E-state index contributed by atoms with van der Waals surface area (Å²) in [6, 6.07) is 6.32. The van der Waals surface area contributed by atoms with Gasteiger partial charge in [-0.1, -0.05) is 17.7 Å². The zero-order valence-electron chi connectivity index (χ0n) is 13.0. The second kappa shape index (κ2) is 6.92. The third-order valence-corrected chi connectivity index (χ3v) is 3.24. The van der Waals surface area contributed by atoms with Gasteiger partial charge in [-0.05, 0) is 53.3 Å². The third-order valence-electron chi connectivity index (χ3n) is 3.24. The van der Waals surface area contributed by atoms with Gasteiger partial charge in [-0.2, -0.15) is 0 Å². The van der Waals surface area contributed by atoms with Crippen molar-refractivity contribution in [2.45, 2.75) is 45.7 Å². The minimum atomic E-state index is -0.0676. The van der Waals surface area contributed by atoms with E-state index in [1.165, 1.54) is 11.1 Å². The Balaban J connectivity index is 2.52. The van der Waals surface area contributed by atoms with Crippen LogP contribution in [0.15, 0.2) is 18.2 Å². The van der Waals surface area contributed by atoms with Crippen LogP contribution in [-0.4, -0.2) is 31.1 Å². The lowest BCUT2D eigenvalue weighted by molar-refractivity contribution is 0.297. The standard InChI is InChI=1S/C16H28N2O/c1-13-7-8-15(19-5)14(11-13)12-18(4)10-6-9-16(2,3)17/h7-8,11H,6,9-10,12,17H2,1-5H3. The lowest BCUT2D eigenvalue weighted by atomic mass is 10.00. The molecule has 0 amide bonds. The second-order valence-corrected chi connectivity index (χ2v) is 6.15. The highest BCUT2D eigenvalue weighted by molar-refractivity contribution is 5.36. The van der Waals surface area contributed by atoms with Crippen LogP contribution in [0.2, 0.25) is 0 Å². The van der Waals surface area contributed by atoms with E-state index in [4.69, 9.17) is 10.5 Å². The molecule has 0 aliphatic rings. The summed E-state index contributed by atoms with van der Waals surface area (Å²) in [4.78, 5) is 2.32. The molecule has 0 radical (unpaired) electrons. The topological polar surface area (TPSA) is 38.5 Å². The Morgan fingerprint density at radius 3 is 2.58 bits per heavy atom. The lowest BCUT2D eigenvalue weighted by Crippen LogP contribution is -2.33. The quantitative estimate of drug-likeness (QED) is 0.823. The molecule has 1 aromatic rings. The van der Waals surface area contributed by atoms with Crippen molar-refractivity contribution < 1.29 is 4.74 Å². The van der Waals surface area contributed by atoms with E-state index < -0.39 is 0 Å². The molecule has 0 fully saturated rings. The summed E-state index contributed by atoms with van der Waals surface area (Å²) in [6.07, 6.45) is 2.16. The van der Waals surface area contributed by atoms with Gasteiger partial charge < -0.3 is 15.4 Å². The van der Waals surface area contributed by atoms with Crippen LogP contribution in [-0.2, 0) is 6.54 Å². The predicted octanol–water partition coefficient (Wildman–Crippen LogP) is 2.95. The number of rotatable bonds is 7. The van der Waals surface area contributed by atoms with E-state index in [0.29, 0.717) is 0 Å². The molecular weight excluding hydrogens is 236 g/mol. The van der Waals surface area contributed by atoms with Gasteiger partial charge in [0.1, 0.15) is 5.75 Å². The first kappa shape index (κ1) is 16.0. The molecule has 0 aliphatic carbocycles. The maximum absolute atomic E-state index is 6.00. The minimum absolute atomic E-state index is 0.0676. The van der Waals surface area contributed by atoms with Crippen LogP contribution >= 0.6 is 0 Å². The van der Waals surface area contributed by atoms with Gasteiger partial charge in [0.2, 0.25) is 0 Å². The van der Waals surface area contributed by atoms with Crippen LogP contribution in [0.4, 0.5) is 0 Å². The van der Waals surface area contributed by atoms with Gasteiger partial charge in [-0.3, -0.25) is 0 Å². The van der Waals surface area contributed by atoms with Crippen LogP contribution in [0.1, 0.15) is 37.8 Å². The van der Waals surface area contributed by atoms with Crippen molar-refractivity contribution >= 4 is 0 Å². The van der Waals surface area contributed by atoms with Crippen LogP contribution in [0.3, 0.4) is 0 Å². The Morgan fingerprint density at radius 2 is 2.00 bits per heavy atom. The lowest BCUT2D eigenvalue weighted by Gasteiger charge is -2.22. The zero-order chi connectivity index (χ0) is 14.5. The fourth-order valence-corrected chi connectivity index (χ4v) is 2.21. The Hall–Kier alpha value is -1.06. The molecule has 0 saturated heterocycles. The molecule has 0 saturated carbocycles. The van der Waals surface area contributed by atoms with E-state index >= 15 is 0 Å². The highest BCUT2D eigenvalue weighted by atomic mass is 16.5. The molecule has 3 heteroatoms. The van der Waals surface area contributed by atoms with Crippen molar-refractivity contribution in [3.63, 3.8) is 0 Å². The van der Waals surface area contributed by atoms with Crippen LogP contribution < -0.4 is 10.5 Å². The monoisotopic (exact) mass is 264 g/mol. The average molecular weight is 264 g/mol. The molecule has 3 nitrogen and oxygen atoms in total. The van der Waals surface area contributed by atoms with E-state index in [1.54, 1.807) is 7.11 Å². The van der Waals surface area contributed by atoms with Crippen molar-refractivity contribution in [2.24, 2.45) is 5.73 Å². The summed E-state index contributed by atoms with van der Waals surface area (Å²) < 4.78 is 5.41. The molecule has 0 spiro atoms. The highest BCUT2D eigenvalue weighted by Crippen LogP contribution is 2.21. The number of ether oxygens (including phenoxy) is 1. The number of hydrogen-bond acceptors (Lipinski definition) is 3. The normalized spacial score (nSPS) is 11.9. The minimum Gasteiger partial charge on any atom is -0.496 e. The van der Waals surface area contributed by atoms with Gasteiger partial charge in [0.15, 0.2) is 0 Å². The van der Waals surface area contributed by atoms with Crippen molar-refractivity contribution in [1.29, 1.82) is 0 Å². The molecule has 1 rings (SSSR count). The van der Waals surface area contributed by atoms with Crippen molar-refractivity contribution in [1.82, 2.24) is 4.90 Å². The molecule has 0 atom stereocenters. The van der Waals surface area contributed by atoms with E-state index in [1.807, 2.05) is 6.07 Å². The first-order valence-electron chi connectivity index (χ1n) is 6.93. The summed E-state index contributed by atoms with van der Waals surface area (Å²) in [6.45, 7) is 8.24. The predicted molar refractivity (Wildman–Crippen MR) is 81.6 cm³/mol. The number of aryl methyl sites for hydroxylation is 1. The van der Waals surface area contributed by atoms with Crippen molar-refractivity contribution in [2.75, 3.05) is 20.7 Å². The van der Waals surface area contributed by atoms with Crippen molar-refractivity contribution in [3.05, 3.63) is 29.3 Å². The number of methoxy groups -OCH3 is 1.